The molecular weight excluding hydrogens is 361 g/mol. The molecule has 0 saturated carbocycles. The monoisotopic (exact) mass is 383 g/mol. The number of rotatable bonds is 8. The molecule has 142 valence electrons. The molecule has 1 aliphatic heterocycles. The number of hydrogen-bond donors (Lipinski definition) is 1. The van der Waals surface area contributed by atoms with E-state index in [-0.39, 0.29) is 36.4 Å². The van der Waals surface area contributed by atoms with E-state index < -0.39 is 21.8 Å². The Morgan fingerprint density at radius 2 is 2.12 bits per heavy atom. The molecule has 1 saturated heterocycles. The summed E-state index contributed by atoms with van der Waals surface area (Å²) in [6.07, 6.45) is 1.17. The lowest BCUT2D eigenvalue weighted by Gasteiger charge is -2.29. The Kier molecular flexibility index (Phi) is 5.95. The molecule has 1 aromatic carbocycles. The van der Waals surface area contributed by atoms with Gasteiger partial charge in [0.1, 0.15) is 18.5 Å². The van der Waals surface area contributed by atoms with Crippen molar-refractivity contribution in [3.63, 3.8) is 0 Å². The molecule has 0 radical (unpaired) electrons. The topological polar surface area (TPSA) is 80.0 Å². The maximum absolute atomic E-state index is 13.6. The Bertz CT molecular complexity index is 809. The molecule has 1 fully saturated rings. The van der Waals surface area contributed by atoms with Gasteiger partial charge in [0.05, 0.1) is 24.3 Å². The molecule has 3 rings (SSSR count). The van der Waals surface area contributed by atoms with Gasteiger partial charge in [-0.05, 0) is 30.7 Å². The van der Waals surface area contributed by atoms with E-state index in [4.69, 9.17) is 9.15 Å². The van der Waals surface area contributed by atoms with Gasteiger partial charge >= 0.3 is 0 Å². The summed E-state index contributed by atoms with van der Waals surface area (Å²) in [7, 11) is -3.05. The van der Waals surface area contributed by atoms with E-state index in [1.165, 1.54) is 12.1 Å². The molecule has 1 N–H and O–H groups in total. The van der Waals surface area contributed by atoms with E-state index >= 15 is 0 Å². The van der Waals surface area contributed by atoms with Crippen molar-refractivity contribution in [2.75, 3.05) is 24.7 Å². The number of aliphatic hydroxyl groups excluding tert-OH is 1. The van der Waals surface area contributed by atoms with Gasteiger partial charge in [0.25, 0.3) is 0 Å². The Morgan fingerprint density at radius 3 is 2.77 bits per heavy atom. The van der Waals surface area contributed by atoms with E-state index in [2.05, 4.69) is 0 Å². The molecule has 1 aliphatic rings. The van der Waals surface area contributed by atoms with Crippen LogP contribution >= 0.6 is 0 Å². The van der Waals surface area contributed by atoms with E-state index in [0.717, 1.165) is 0 Å². The summed E-state index contributed by atoms with van der Waals surface area (Å²) in [4.78, 5) is 1.89. The van der Waals surface area contributed by atoms with Crippen LogP contribution in [0, 0.1) is 5.82 Å². The van der Waals surface area contributed by atoms with Crippen LogP contribution in [0.5, 0.6) is 5.75 Å². The molecule has 0 unspecified atom stereocenters. The van der Waals surface area contributed by atoms with E-state index in [9.17, 15) is 17.9 Å². The summed E-state index contributed by atoms with van der Waals surface area (Å²) in [5, 5.41) is 10.3. The van der Waals surface area contributed by atoms with Crippen LogP contribution in [0.3, 0.4) is 0 Å². The highest BCUT2D eigenvalue weighted by Crippen LogP contribution is 2.21. The smallest absolute Gasteiger partial charge is 0.165 e. The molecular formula is C18H22FNO5S. The highest BCUT2D eigenvalue weighted by atomic mass is 32.2. The summed E-state index contributed by atoms with van der Waals surface area (Å²) in [5.74, 6) is 0.487. The lowest BCUT2D eigenvalue weighted by molar-refractivity contribution is 0.0486. The lowest BCUT2D eigenvalue weighted by atomic mass is 10.2. The van der Waals surface area contributed by atoms with Crippen molar-refractivity contribution in [2.24, 2.45) is 0 Å². The first kappa shape index (κ1) is 18.9. The first-order valence-corrected chi connectivity index (χ1v) is 10.3. The number of sulfone groups is 1. The number of aliphatic hydroxyl groups is 1. The average Bonchev–Trinajstić information content (AvgIpc) is 3.23. The van der Waals surface area contributed by atoms with E-state index in [1.807, 2.05) is 4.90 Å². The number of halogens is 1. The van der Waals surface area contributed by atoms with Crippen LogP contribution < -0.4 is 4.74 Å². The quantitative estimate of drug-likeness (QED) is 0.749. The first-order valence-electron chi connectivity index (χ1n) is 8.45. The molecule has 2 heterocycles. The number of benzene rings is 1. The van der Waals surface area contributed by atoms with Crippen LogP contribution in [0.15, 0.2) is 47.1 Å². The third-order valence-corrected chi connectivity index (χ3v) is 6.13. The Morgan fingerprint density at radius 1 is 1.31 bits per heavy atom. The van der Waals surface area contributed by atoms with Crippen molar-refractivity contribution in [1.29, 1.82) is 0 Å². The molecule has 6 nitrogen and oxygen atoms in total. The van der Waals surface area contributed by atoms with Crippen molar-refractivity contribution in [3.8, 4) is 5.75 Å². The van der Waals surface area contributed by atoms with Crippen molar-refractivity contribution in [1.82, 2.24) is 4.90 Å². The van der Waals surface area contributed by atoms with E-state index in [1.54, 1.807) is 30.5 Å². The SMILES string of the molecule is O=S1(=O)CC[C@@H](N(Cc2ccco2)C[C@H](O)COc2ccccc2F)C1. The molecule has 26 heavy (non-hydrogen) atoms. The lowest BCUT2D eigenvalue weighted by Crippen LogP contribution is -2.42. The van der Waals surface area contributed by atoms with E-state index in [0.29, 0.717) is 18.7 Å². The molecule has 2 atom stereocenters. The molecule has 1 aromatic heterocycles. The van der Waals surface area contributed by atoms with Gasteiger partial charge in [0, 0.05) is 12.6 Å². The van der Waals surface area contributed by atoms with Crippen molar-refractivity contribution in [3.05, 3.63) is 54.2 Å². The maximum atomic E-state index is 13.6. The predicted molar refractivity (Wildman–Crippen MR) is 94.1 cm³/mol. The number of nitrogens with zero attached hydrogens (tertiary/aromatic N) is 1. The van der Waals surface area contributed by atoms with Gasteiger partial charge in [-0.25, -0.2) is 12.8 Å². The third-order valence-electron chi connectivity index (χ3n) is 4.38. The summed E-state index contributed by atoms with van der Waals surface area (Å²) in [5.41, 5.74) is 0. The molecule has 0 spiro atoms. The van der Waals surface area contributed by atoms with Gasteiger partial charge in [-0.15, -0.1) is 0 Å². The van der Waals surface area contributed by atoms with Crippen molar-refractivity contribution < 1.29 is 27.1 Å². The van der Waals surface area contributed by atoms with Crippen molar-refractivity contribution in [2.45, 2.75) is 25.1 Å². The highest BCUT2D eigenvalue weighted by molar-refractivity contribution is 7.91. The fourth-order valence-corrected chi connectivity index (χ4v) is 4.84. The minimum atomic E-state index is -3.05. The molecule has 8 heteroatoms. The highest BCUT2D eigenvalue weighted by Gasteiger charge is 2.33. The van der Waals surface area contributed by atoms with Gasteiger partial charge in [-0.3, -0.25) is 4.90 Å². The Hall–Kier alpha value is -1.90. The maximum Gasteiger partial charge on any atom is 0.165 e. The van der Waals surface area contributed by atoms with Gasteiger partial charge in [0.2, 0.25) is 0 Å². The molecule has 0 bridgehead atoms. The Balaban J connectivity index is 1.62. The summed E-state index contributed by atoms with van der Waals surface area (Å²) >= 11 is 0. The Labute approximate surface area is 152 Å². The van der Waals surface area contributed by atoms with Crippen LogP contribution in [0.2, 0.25) is 0 Å². The van der Waals surface area contributed by atoms with Crippen LogP contribution in [0.1, 0.15) is 12.2 Å². The van der Waals surface area contributed by atoms with Gasteiger partial charge in [0.15, 0.2) is 21.4 Å². The number of ether oxygens (including phenoxy) is 1. The molecule has 2 aromatic rings. The van der Waals surface area contributed by atoms with Crippen LogP contribution in [0.25, 0.3) is 0 Å². The minimum absolute atomic E-state index is 0.0641. The minimum Gasteiger partial charge on any atom is -0.488 e. The zero-order valence-electron chi connectivity index (χ0n) is 14.3. The second kappa shape index (κ2) is 8.20. The van der Waals surface area contributed by atoms with Gasteiger partial charge < -0.3 is 14.3 Å². The van der Waals surface area contributed by atoms with Crippen LogP contribution in [0.4, 0.5) is 4.39 Å². The normalized spacial score (nSPS) is 20.3. The second-order valence-electron chi connectivity index (χ2n) is 6.46. The van der Waals surface area contributed by atoms with Crippen LogP contribution in [-0.2, 0) is 16.4 Å². The van der Waals surface area contributed by atoms with Crippen LogP contribution in [-0.4, -0.2) is 55.2 Å². The van der Waals surface area contributed by atoms with Gasteiger partial charge in [-0.1, -0.05) is 12.1 Å². The fourth-order valence-electron chi connectivity index (χ4n) is 3.08. The molecule has 0 amide bonds. The zero-order valence-corrected chi connectivity index (χ0v) is 15.1. The second-order valence-corrected chi connectivity index (χ2v) is 8.69. The molecule has 0 aliphatic carbocycles. The number of hydrogen-bond acceptors (Lipinski definition) is 6. The predicted octanol–water partition coefficient (Wildman–Crippen LogP) is 1.85. The fraction of sp³-hybridized carbons (Fsp3) is 0.444. The first-order chi connectivity index (χ1) is 12.4. The largest absolute Gasteiger partial charge is 0.488 e. The average molecular weight is 383 g/mol. The summed E-state index contributed by atoms with van der Waals surface area (Å²) in [6.45, 7) is 0.508. The van der Waals surface area contributed by atoms with Crippen molar-refractivity contribution >= 4 is 9.84 Å². The zero-order chi connectivity index (χ0) is 18.6. The van der Waals surface area contributed by atoms with Gasteiger partial charge in [-0.2, -0.15) is 0 Å². The standard InChI is InChI=1S/C18H22FNO5S/c19-17-5-1-2-6-18(17)25-12-15(21)10-20(11-16-4-3-8-24-16)14-7-9-26(22,23)13-14/h1-6,8,14-15,21H,7,9-13H2/t14-,15+/m1/s1. The number of para-hydroxylation sites is 1. The summed E-state index contributed by atoms with van der Waals surface area (Å²) < 4.78 is 47.9. The third kappa shape index (κ3) is 5.06. The number of furan rings is 1. The summed E-state index contributed by atoms with van der Waals surface area (Å²) in [6, 6.07) is 9.37.